The first-order valence-electron chi connectivity index (χ1n) is 10.8. The molecule has 0 spiro atoms. The molecule has 3 amide bonds. The summed E-state index contributed by atoms with van der Waals surface area (Å²) in [6.45, 7) is 1.89. The lowest BCUT2D eigenvalue weighted by Crippen LogP contribution is -2.63. The Morgan fingerprint density at radius 3 is 2.34 bits per heavy atom. The van der Waals surface area contributed by atoms with Crippen LogP contribution in [0.1, 0.15) is 40.4 Å². The van der Waals surface area contributed by atoms with E-state index >= 15 is 0 Å². The van der Waals surface area contributed by atoms with Crippen molar-refractivity contribution in [1.82, 2.24) is 15.1 Å². The number of halogens is 2. The van der Waals surface area contributed by atoms with Gasteiger partial charge in [-0.25, -0.2) is 13.6 Å². The molecule has 1 heterocycles. The highest BCUT2D eigenvalue weighted by Crippen LogP contribution is 2.23. The minimum absolute atomic E-state index is 0.0105. The molecule has 9 nitrogen and oxygen atoms in total. The number of aryl methyl sites for hydroxylation is 1. The Kier molecular flexibility index (Phi) is 8.00. The van der Waals surface area contributed by atoms with Crippen molar-refractivity contribution in [2.75, 3.05) is 20.2 Å². The average molecular weight is 489 g/mol. The number of hydrogen-bond acceptors (Lipinski definition) is 5. The fraction of sp³-hybridized carbons (Fsp3) is 0.333. The predicted molar refractivity (Wildman–Crippen MR) is 119 cm³/mol. The van der Waals surface area contributed by atoms with E-state index in [0.29, 0.717) is 11.6 Å². The molecule has 0 aliphatic carbocycles. The maximum atomic E-state index is 13.8. The van der Waals surface area contributed by atoms with E-state index < -0.39 is 54.1 Å². The van der Waals surface area contributed by atoms with Gasteiger partial charge in [0.2, 0.25) is 0 Å². The first-order chi connectivity index (χ1) is 16.6. The van der Waals surface area contributed by atoms with E-state index in [2.05, 4.69) is 5.32 Å². The Morgan fingerprint density at radius 1 is 1.09 bits per heavy atom. The molecule has 35 heavy (non-hydrogen) atoms. The fourth-order valence-corrected chi connectivity index (χ4v) is 4.03. The molecule has 2 N–H and O–H groups in total. The van der Waals surface area contributed by atoms with Crippen molar-refractivity contribution in [1.29, 1.82) is 0 Å². The summed E-state index contributed by atoms with van der Waals surface area (Å²) in [4.78, 5) is 52.6. The molecule has 3 rings (SSSR count). The number of carbonyl (C=O) groups is 4. The van der Waals surface area contributed by atoms with Crippen LogP contribution in [-0.2, 0) is 14.3 Å². The monoisotopic (exact) mass is 489 g/mol. The van der Waals surface area contributed by atoms with Gasteiger partial charge in [-0.05, 0) is 31.0 Å². The zero-order chi connectivity index (χ0) is 25.7. The number of benzene rings is 2. The van der Waals surface area contributed by atoms with E-state index in [1.165, 1.54) is 0 Å². The van der Waals surface area contributed by atoms with Crippen LogP contribution in [0.2, 0.25) is 0 Å². The highest BCUT2D eigenvalue weighted by molar-refractivity contribution is 5.98. The number of rotatable bonds is 6. The summed E-state index contributed by atoms with van der Waals surface area (Å²) in [5.41, 5.74) is 1.02. The number of aliphatic carboxylic acids is 1. The van der Waals surface area contributed by atoms with Crippen molar-refractivity contribution in [3.63, 3.8) is 0 Å². The molecule has 0 saturated carbocycles. The van der Waals surface area contributed by atoms with Gasteiger partial charge in [-0.2, -0.15) is 0 Å². The maximum Gasteiger partial charge on any atom is 0.411 e. The third-order valence-electron chi connectivity index (χ3n) is 5.54. The van der Waals surface area contributed by atoms with Gasteiger partial charge in [0.1, 0.15) is 11.6 Å². The van der Waals surface area contributed by atoms with E-state index in [1.54, 1.807) is 18.2 Å². The Labute approximate surface area is 200 Å². The lowest BCUT2D eigenvalue weighted by atomic mass is 10.0. The second-order valence-electron chi connectivity index (χ2n) is 8.12. The molecule has 11 heteroatoms. The van der Waals surface area contributed by atoms with Gasteiger partial charge in [0.15, 0.2) is 6.17 Å². The summed E-state index contributed by atoms with van der Waals surface area (Å²) in [7, 11) is 1.11. The maximum absolute atomic E-state index is 13.8. The number of nitrogens with one attached hydrogen (secondary N) is 1. The first-order valence-corrected chi connectivity index (χ1v) is 10.8. The zero-order valence-corrected chi connectivity index (χ0v) is 19.2. The highest BCUT2D eigenvalue weighted by Gasteiger charge is 2.42. The van der Waals surface area contributed by atoms with Crippen molar-refractivity contribution in [3.8, 4) is 0 Å². The lowest BCUT2D eigenvalue weighted by Gasteiger charge is -2.42. The molecule has 2 aromatic carbocycles. The third kappa shape index (κ3) is 6.11. The Hall–Kier alpha value is -4.02. The van der Waals surface area contributed by atoms with E-state index in [9.17, 15) is 33.1 Å². The van der Waals surface area contributed by atoms with Crippen molar-refractivity contribution >= 4 is 23.9 Å². The predicted octanol–water partition coefficient (Wildman–Crippen LogP) is 2.85. The first kappa shape index (κ1) is 25.6. The van der Waals surface area contributed by atoms with Crippen LogP contribution in [0.5, 0.6) is 0 Å². The van der Waals surface area contributed by atoms with Crippen molar-refractivity contribution in [2.24, 2.45) is 0 Å². The number of amides is 3. The van der Waals surface area contributed by atoms with Gasteiger partial charge >= 0.3 is 12.1 Å². The Bertz CT molecular complexity index is 1120. The van der Waals surface area contributed by atoms with Gasteiger partial charge in [0.25, 0.3) is 11.8 Å². The summed E-state index contributed by atoms with van der Waals surface area (Å²) >= 11 is 0. The molecule has 186 valence electrons. The number of hydrogen-bond donors (Lipinski definition) is 2. The third-order valence-corrected chi connectivity index (χ3v) is 5.54. The van der Waals surface area contributed by atoms with Crippen LogP contribution in [0.3, 0.4) is 0 Å². The summed E-state index contributed by atoms with van der Waals surface area (Å²) in [5.74, 6) is -4.83. The molecule has 2 unspecified atom stereocenters. The van der Waals surface area contributed by atoms with Gasteiger partial charge in [0, 0.05) is 24.7 Å². The smallest absolute Gasteiger partial charge is 0.411 e. The molecule has 2 atom stereocenters. The van der Waals surface area contributed by atoms with Crippen LogP contribution in [0, 0.1) is 18.6 Å². The number of carboxylic acid groups (broad SMARTS) is 1. The molecule has 0 bridgehead atoms. The Balaban J connectivity index is 1.98. The van der Waals surface area contributed by atoms with Crippen LogP contribution in [0.4, 0.5) is 13.6 Å². The van der Waals surface area contributed by atoms with Crippen LogP contribution in [0.25, 0.3) is 0 Å². The van der Waals surface area contributed by atoms with Crippen LogP contribution < -0.4 is 5.32 Å². The van der Waals surface area contributed by atoms with Crippen molar-refractivity contribution < 1.29 is 37.8 Å². The van der Waals surface area contributed by atoms with Crippen LogP contribution >= 0.6 is 0 Å². The fourth-order valence-electron chi connectivity index (χ4n) is 4.03. The number of ether oxygens (including phenoxy) is 1. The number of nitrogens with zero attached hydrogens (tertiary/aromatic N) is 2. The minimum atomic E-state index is -1.53. The summed E-state index contributed by atoms with van der Waals surface area (Å²) in [6, 6.07) is 8.18. The molecule has 0 radical (unpaired) electrons. The lowest BCUT2D eigenvalue weighted by molar-refractivity contribution is -0.138. The highest BCUT2D eigenvalue weighted by atomic mass is 19.1. The number of carbonyl (C=O) groups excluding carboxylic acids is 3. The largest absolute Gasteiger partial charge is 0.481 e. The van der Waals surface area contributed by atoms with E-state index in [0.717, 1.165) is 34.6 Å². The normalized spacial score (nSPS) is 16.4. The molecule has 2 aromatic rings. The van der Waals surface area contributed by atoms with Gasteiger partial charge in [0.05, 0.1) is 19.6 Å². The number of carboxylic acids is 1. The molecule has 1 aliphatic rings. The van der Waals surface area contributed by atoms with Gasteiger partial charge in [-0.3, -0.25) is 19.3 Å². The van der Waals surface area contributed by atoms with Gasteiger partial charge < -0.3 is 20.1 Å². The van der Waals surface area contributed by atoms with E-state index in [1.807, 2.05) is 13.0 Å². The van der Waals surface area contributed by atoms with Crippen molar-refractivity contribution in [3.05, 3.63) is 70.8 Å². The minimum Gasteiger partial charge on any atom is -0.481 e. The molecular formula is C24H25F2N3O6. The van der Waals surface area contributed by atoms with Crippen molar-refractivity contribution in [2.45, 2.75) is 32.0 Å². The molecule has 1 fully saturated rings. The standard InChI is InChI=1S/C24H25F2N3O6/c1-14-5-3-6-15(9-14)19(13-20(30)31)27-21(32)22-28(7-4-8-29(22)24(34)35-2)23(33)16-10-17(25)12-18(26)11-16/h3,5-6,9-12,19,22H,4,7-8,13H2,1-2H3,(H,27,32)(H,30,31). The topological polar surface area (TPSA) is 116 Å². The van der Waals surface area contributed by atoms with E-state index in [4.69, 9.17) is 4.74 Å². The molecule has 0 aromatic heterocycles. The quantitative estimate of drug-likeness (QED) is 0.645. The SMILES string of the molecule is COC(=O)N1CCCN(C(=O)c2cc(F)cc(F)c2)C1C(=O)NC(CC(=O)O)c1cccc(C)c1. The zero-order valence-electron chi connectivity index (χ0n) is 19.2. The second-order valence-corrected chi connectivity index (χ2v) is 8.12. The molecular weight excluding hydrogens is 464 g/mol. The Morgan fingerprint density at radius 2 is 1.74 bits per heavy atom. The van der Waals surface area contributed by atoms with Crippen LogP contribution in [-0.4, -0.2) is 65.1 Å². The molecule has 1 saturated heterocycles. The summed E-state index contributed by atoms with van der Waals surface area (Å²) in [5, 5.41) is 12.0. The van der Waals surface area contributed by atoms with E-state index in [-0.39, 0.29) is 25.1 Å². The van der Waals surface area contributed by atoms with Crippen LogP contribution in [0.15, 0.2) is 42.5 Å². The number of methoxy groups -OCH3 is 1. The molecule has 1 aliphatic heterocycles. The van der Waals surface area contributed by atoms with Gasteiger partial charge in [-0.1, -0.05) is 29.8 Å². The summed E-state index contributed by atoms with van der Waals surface area (Å²) < 4.78 is 32.3. The average Bonchev–Trinajstić information content (AvgIpc) is 2.81. The summed E-state index contributed by atoms with van der Waals surface area (Å²) in [6.07, 6.45) is -2.60. The van der Waals surface area contributed by atoms with Gasteiger partial charge in [-0.15, -0.1) is 0 Å². The second kappa shape index (κ2) is 10.9.